The Kier molecular flexibility index (Phi) is 5.15. The number of rotatable bonds is 6. The molecule has 1 unspecified atom stereocenters. The zero-order valence-corrected chi connectivity index (χ0v) is 13.5. The summed E-state index contributed by atoms with van der Waals surface area (Å²) < 4.78 is 0. The average Bonchev–Trinajstić information content (AvgIpc) is 2.84. The normalized spacial score (nSPS) is 12.4. The van der Waals surface area contributed by atoms with Crippen LogP contribution in [0.5, 0.6) is 0 Å². The first-order chi connectivity index (χ1) is 9.63. The van der Waals surface area contributed by atoms with E-state index in [1.165, 1.54) is 16.1 Å². The number of para-hydroxylation sites is 1. The summed E-state index contributed by atoms with van der Waals surface area (Å²) in [6.07, 6.45) is 0. The summed E-state index contributed by atoms with van der Waals surface area (Å²) >= 11 is 1.73. The van der Waals surface area contributed by atoms with Crippen molar-refractivity contribution in [2.24, 2.45) is 0 Å². The summed E-state index contributed by atoms with van der Waals surface area (Å²) in [5.41, 5.74) is 5.69. The molecule has 1 heterocycles. The van der Waals surface area contributed by atoms with Gasteiger partial charge in [-0.25, -0.2) is 4.98 Å². The Bertz CT molecular complexity index is 550. The van der Waals surface area contributed by atoms with Gasteiger partial charge in [-0.05, 0) is 32.0 Å². The minimum Gasteiger partial charge on any atom is -0.369 e. The molecule has 1 aromatic heterocycles. The number of aryl methyl sites for hydroxylation is 1. The molecule has 0 fully saturated rings. The van der Waals surface area contributed by atoms with Gasteiger partial charge in [0.1, 0.15) is 0 Å². The van der Waals surface area contributed by atoms with Crippen LogP contribution in [0.25, 0.3) is 0 Å². The smallest absolute Gasteiger partial charge is 0.0798 e. The molecule has 0 bridgehead atoms. The number of thiazole rings is 1. The van der Waals surface area contributed by atoms with Crippen LogP contribution in [-0.2, 0) is 6.54 Å². The van der Waals surface area contributed by atoms with Crippen molar-refractivity contribution in [2.75, 3.05) is 18.5 Å². The first-order valence-corrected chi connectivity index (χ1v) is 7.93. The Morgan fingerprint density at radius 1 is 1.35 bits per heavy atom. The van der Waals surface area contributed by atoms with Gasteiger partial charge >= 0.3 is 0 Å². The van der Waals surface area contributed by atoms with Crippen molar-refractivity contribution in [3.8, 4) is 0 Å². The molecule has 0 saturated carbocycles. The Morgan fingerprint density at radius 2 is 2.10 bits per heavy atom. The zero-order valence-electron chi connectivity index (χ0n) is 12.7. The third-order valence-electron chi connectivity index (χ3n) is 3.55. The summed E-state index contributed by atoms with van der Waals surface area (Å²) in [4.78, 5) is 7.97. The molecule has 2 rings (SSSR count). The highest BCUT2D eigenvalue weighted by molar-refractivity contribution is 7.09. The fourth-order valence-corrected chi connectivity index (χ4v) is 3.23. The van der Waals surface area contributed by atoms with E-state index >= 15 is 0 Å². The molecule has 1 atom stereocenters. The monoisotopic (exact) mass is 289 g/mol. The largest absolute Gasteiger partial charge is 0.369 e. The molecular weight excluding hydrogens is 266 g/mol. The number of hydrogen-bond acceptors (Lipinski definition) is 4. The molecule has 0 amide bonds. The highest BCUT2D eigenvalue weighted by Gasteiger charge is 2.13. The lowest BCUT2D eigenvalue weighted by Crippen LogP contribution is -2.23. The number of hydrogen-bond donors (Lipinski definition) is 1. The van der Waals surface area contributed by atoms with Gasteiger partial charge < -0.3 is 10.2 Å². The van der Waals surface area contributed by atoms with E-state index in [0.29, 0.717) is 6.04 Å². The van der Waals surface area contributed by atoms with E-state index in [9.17, 15) is 0 Å². The van der Waals surface area contributed by atoms with E-state index < -0.39 is 0 Å². The third kappa shape index (κ3) is 3.38. The van der Waals surface area contributed by atoms with Crippen LogP contribution in [0, 0.1) is 6.92 Å². The molecule has 2 aromatic rings. The van der Waals surface area contributed by atoms with Crippen molar-refractivity contribution >= 4 is 17.0 Å². The maximum Gasteiger partial charge on any atom is 0.0798 e. The van der Waals surface area contributed by atoms with Crippen molar-refractivity contribution in [3.05, 3.63) is 45.9 Å². The van der Waals surface area contributed by atoms with Crippen molar-refractivity contribution in [2.45, 2.75) is 33.4 Å². The van der Waals surface area contributed by atoms with Gasteiger partial charge in [-0.15, -0.1) is 11.3 Å². The molecule has 0 aliphatic carbocycles. The molecule has 20 heavy (non-hydrogen) atoms. The summed E-state index contributed by atoms with van der Waals surface area (Å²) in [7, 11) is 2.15. The maximum atomic E-state index is 4.33. The van der Waals surface area contributed by atoms with Gasteiger partial charge in [-0.2, -0.15) is 0 Å². The Balaban J connectivity index is 2.21. The second kappa shape index (κ2) is 6.86. The lowest BCUT2D eigenvalue weighted by molar-refractivity contribution is 0.597. The first-order valence-electron chi connectivity index (χ1n) is 7.05. The van der Waals surface area contributed by atoms with Gasteiger partial charge in [0.2, 0.25) is 0 Å². The van der Waals surface area contributed by atoms with E-state index in [0.717, 1.165) is 18.8 Å². The van der Waals surface area contributed by atoms with Gasteiger partial charge in [-0.3, -0.25) is 0 Å². The van der Waals surface area contributed by atoms with Gasteiger partial charge in [0, 0.05) is 23.7 Å². The van der Waals surface area contributed by atoms with E-state index in [1.54, 1.807) is 11.3 Å². The van der Waals surface area contributed by atoms with Gasteiger partial charge in [0.15, 0.2) is 0 Å². The summed E-state index contributed by atoms with van der Waals surface area (Å²) in [5.74, 6) is 0. The van der Waals surface area contributed by atoms with Gasteiger partial charge in [-0.1, -0.05) is 25.1 Å². The molecule has 0 aliphatic rings. The van der Waals surface area contributed by atoms with E-state index in [-0.39, 0.29) is 0 Å². The standard InChI is InChI=1S/C16H23N3S/c1-5-17-12(2)14-8-6-7-9-15(14)19(4)10-16-13(3)18-11-20-16/h6-9,11-12,17H,5,10H2,1-4H3. The third-order valence-corrected chi connectivity index (χ3v) is 4.47. The molecule has 0 saturated heterocycles. The quantitative estimate of drug-likeness (QED) is 0.877. The maximum absolute atomic E-state index is 4.33. The number of nitrogens with zero attached hydrogens (tertiary/aromatic N) is 2. The van der Waals surface area contributed by atoms with Gasteiger partial charge in [0.25, 0.3) is 0 Å². The van der Waals surface area contributed by atoms with Crippen molar-refractivity contribution in [3.63, 3.8) is 0 Å². The molecule has 0 aliphatic heterocycles. The number of nitrogens with one attached hydrogen (secondary N) is 1. The molecule has 3 nitrogen and oxygen atoms in total. The summed E-state index contributed by atoms with van der Waals surface area (Å²) in [5, 5.41) is 3.49. The van der Waals surface area contributed by atoms with E-state index in [1.807, 2.05) is 5.51 Å². The fourth-order valence-electron chi connectivity index (χ4n) is 2.40. The van der Waals surface area contributed by atoms with Crippen LogP contribution in [0.4, 0.5) is 5.69 Å². The van der Waals surface area contributed by atoms with Crippen molar-refractivity contribution in [1.29, 1.82) is 0 Å². The van der Waals surface area contributed by atoms with Crippen LogP contribution in [0.2, 0.25) is 0 Å². The molecule has 4 heteroatoms. The number of aromatic nitrogens is 1. The molecule has 0 spiro atoms. The highest BCUT2D eigenvalue weighted by atomic mass is 32.1. The van der Waals surface area contributed by atoms with Crippen molar-refractivity contribution < 1.29 is 0 Å². The zero-order chi connectivity index (χ0) is 14.5. The fraction of sp³-hybridized carbons (Fsp3) is 0.438. The average molecular weight is 289 g/mol. The summed E-state index contributed by atoms with van der Waals surface area (Å²) in [6.45, 7) is 8.32. The minimum absolute atomic E-state index is 0.362. The van der Waals surface area contributed by atoms with Crippen molar-refractivity contribution in [1.82, 2.24) is 10.3 Å². The summed E-state index contributed by atoms with van der Waals surface area (Å²) in [6, 6.07) is 8.98. The van der Waals surface area contributed by atoms with Crippen LogP contribution in [0.1, 0.15) is 36.0 Å². The van der Waals surface area contributed by atoms with Crippen LogP contribution in [0.15, 0.2) is 29.8 Å². The lowest BCUT2D eigenvalue weighted by Gasteiger charge is -2.25. The van der Waals surface area contributed by atoms with Crippen LogP contribution in [0.3, 0.4) is 0 Å². The van der Waals surface area contributed by atoms with Crippen LogP contribution >= 0.6 is 11.3 Å². The second-order valence-electron chi connectivity index (χ2n) is 5.06. The van der Waals surface area contributed by atoms with E-state index in [4.69, 9.17) is 0 Å². The molecular formula is C16H23N3S. The van der Waals surface area contributed by atoms with E-state index in [2.05, 4.69) is 67.3 Å². The van der Waals surface area contributed by atoms with Gasteiger partial charge in [0.05, 0.1) is 17.7 Å². The Labute approximate surface area is 125 Å². The highest BCUT2D eigenvalue weighted by Crippen LogP contribution is 2.27. The molecule has 1 N–H and O–H groups in total. The Hall–Kier alpha value is -1.39. The minimum atomic E-state index is 0.362. The first kappa shape index (κ1) is 15.0. The SMILES string of the molecule is CCNC(C)c1ccccc1N(C)Cc1scnc1C. The van der Waals surface area contributed by atoms with Crippen LogP contribution < -0.4 is 10.2 Å². The molecule has 1 aromatic carbocycles. The predicted octanol–water partition coefficient (Wildman–Crippen LogP) is 3.76. The number of benzene rings is 1. The Morgan fingerprint density at radius 3 is 2.75 bits per heavy atom. The lowest BCUT2D eigenvalue weighted by atomic mass is 10.1. The van der Waals surface area contributed by atoms with Crippen LogP contribution in [-0.4, -0.2) is 18.6 Å². The number of anilines is 1. The second-order valence-corrected chi connectivity index (χ2v) is 5.99. The molecule has 108 valence electrons. The predicted molar refractivity (Wildman–Crippen MR) is 87.5 cm³/mol. The topological polar surface area (TPSA) is 28.2 Å². The molecule has 0 radical (unpaired) electrons.